The van der Waals surface area contributed by atoms with Crippen LogP contribution >= 0.6 is 0 Å². The second kappa shape index (κ2) is 7.47. The minimum absolute atomic E-state index is 0.303. The summed E-state index contributed by atoms with van der Waals surface area (Å²) < 4.78 is 5.35. The van der Waals surface area contributed by atoms with E-state index in [2.05, 4.69) is 36.1 Å². The van der Waals surface area contributed by atoms with Crippen molar-refractivity contribution in [3.63, 3.8) is 0 Å². The Morgan fingerprint density at radius 1 is 1.11 bits per heavy atom. The third-order valence-electron chi connectivity index (χ3n) is 6.57. The zero-order chi connectivity index (χ0) is 18.9. The summed E-state index contributed by atoms with van der Waals surface area (Å²) in [4.78, 5) is 16.1. The van der Waals surface area contributed by atoms with Crippen LogP contribution in [0.25, 0.3) is 0 Å². The molecule has 1 atom stereocenters. The molecule has 0 unspecified atom stereocenters. The molecule has 1 aliphatic heterocycles. The molecule has 0 bridgehead atoms. The van der Waals surface area contributed by atoms with Crippen LogP contribution in [-0.2, 0) is 12.8 Å². The zero-order valence-corrected chi connectivity index (χ0v) is 16.5. The van der Waals surface area contributed by atoms with Gasteiger partial charge in [0.1, 0.15) is 5.75 Å². The lowest BCUT2D eigenvalue weighted by Crippen LogP contribution is -2.59. The maximum Gasteiger partial charge on any atom is 0.183 e. The Morgan fingerprint density at radius 2 is 1.96 bits per heavy atom. The number of piperidine rings is 1. The molecule has 0 saturated carbocycles. The topological polar surface area (TPSA) is 29.5 Å². The lowest BCUT2D eigenvalue weighted by Gasteiger charge is -2.48. The van der Waals surface area contributed by atoms with Gasteiger partial charge in [-0.1, -0.05) is 24.3 Å². The number of carbonyl (C=O) groups is 1. The number of rotatable bonds is 4. The molecule has 1 heterocycles. The van der Waals surface area contributed by atoms with Gasteiger partial charge in [0, 0.05) is 12.1 Å². The molecule has 0 radical (unpaired) electrons. The van der Waals surface area contributed by atoms with Crippen molar-refractivity contribution in [1.82, 2.24) is 4.90 Å². The molecule has 1 spiro atoms. The van der Waals surface area contributed by atoms with Gasteiger partial charge in [0.05, 0.1) is 12.6 Å². The Morgan fingerprint density at radius 3 is 2.78 bits per heavy atom. The van der Waals surface area contributed by atoms with Gasteiger partial charge in [-0.2, -0.15) is 0 Å². The lowest BCUT2D eigenvalue weighted by molar-refractivity contribution is 0.0298. The van der Waals surface area contributed by atoms with E-state index in [9.17, 15) is 4.79 Å². The molecular formula is C24H29NO2. The summed E-state index contributed by atoms with van der Waals surface area (Å²) in [5.41, 5.74) is 4.49. The number of ether oxygens (including phenoxy) is 1. The number of carbonyl (C=O) groups excluding carboxylic acids is 1. The maximum atomic E-state index is 13.6. The molecule has 3 nitrogen and oxygen atoms in total. The van der Waals surface area contributed by atoms with Crippen molar-refractivity contribution in [3.8, 4) is 5.75 Å². The molecule has 142 valence electrons. The third-order valence-corrected chi connectivity index (χ3v) is 6.57. The van der Waals surface area contributed by atoms with Crippen molar-refractivity contribution >= 4 is 5.78 Å². The summed E-state index contributed by atoms with van der Waals surface area (Å²) in [6, 6.07) is 14.6. The first-order valence-electron chi connectivity index (χ1n) is 10.2. The van der Waals surface area contributed by atoms with Crippen molar-refractivity contribution in [2.75, 3.05) is 20.2 Å². The van der Waals surface area contributed by atoms with Gasteiger partial charge in [0.2, 0.25) is 0 Å². The van der Waals surface area contributed by atoms with E-state index in [-0.39, 0.29) is 5.54 Å². The largest absolute Gasteiger partial charge is 0.497 e. The minimum atomic E-state index is -0.303. The zero-order valence-electron chi connectivity index (χ0n) is 16.5. The SMILES string of the molecule is COc1ccc2c(c1)CC[C@]1(CCCCN1CCc1ccccc1C)C2=O. The molecule has 0 aromatic heterocycles. The Bertz CT molecular complexity index is 844. The van der Waals surface area contributed by atoms with Gasteiger partial charge in [-0.15, -0.1) is 0 Å². The van der Waals surface area contributed by atoms with Gasteiger partial charge in [-0.3, -0.25) is 9.69 Å². The van der Waals surface area contributed by atoms with E-state index >= 15 is 0 Å². The summed E-state index contributed by atoms with van der Waals surface area (Å²) in [6.45, 7) is 4.17. The van der Waals surface area contributed by atoms with Gasteiger partial charge < -0.3 is 4.74 Å². The van der Waals surface area contributed by atoms with Crippen LogP contribution in [0.5, 0.6) is 5.75 Å². The molecule has 27 heavy (non-hydrogen) atoms. The first kappa shape index (κ1) is 18.2. The van der Waals surface area contributed by atoms with Gasteiger partial charge in [-0.05, 0) is 86.9 Å². The van der Waals surface area contributed by atoms with E-state index in [4.69, 9.17) is 4.74 Å². The van der Waals surface area contributed by atoms with Gasteiger partial charge in [0.15, 0.2) is 5.78 Å². The first-order valence-corrected chi connectivity index (χ1v) is 10.2. The number of benzene rings is 2. The second-order valence-electron chi connectivity index (χ2n) is 8.00. The van der Waals surface area contributed by atoms with E-state index in [1.807, 2.05) is 18.2 Å². The fourth-order valence-corrected chi connectivity index (χ4v) is 4.94. The average Bonchev–Trinajstić information content (AvgIpc) is 2.71. The van der Waals surface area contributed by atoms with E-state index in [0.29, 0.717) is 5.78 Å². The molecule has 1 aliphatic carbocycles. The fraction of sp³-hybridized carbons (Fsp3) is 0.458. The molecule has 2 aliphatic rings. The third kappa shape index (κ3) is 3.29. The lowest BCUT2D eigenvalue weighted by atomic mass is 9.71. The summed E-state index contributed by atoms with van der Waals surface area (Å²) in [5.74, 6) is 1.17. The van der Waals surface area contributed by atoms with Crippen molar-refractivity contribution in [3.05, 3.63) is 64.7 Å². The normalized spacial score (nSPS) is 22.7. The minimum Gasteiger partial charge on any atom is -0.497 e. The number of hydrogen-bond donors (Lipinski definition) is 0. The summed E-state index contributed by atoms with van der Waals surface area (Å²) in [7, 11) is 1.68. The highest BCUT2D eigenvalue weighted by Gasteiger charge is 2.47. The number of fused-ring (bicyclic) bond motifs is 1. The fourth-order valence-electron chi connectivity index (χ4n) is 4.94. The Kier molecular flexibility index (Phi) is 5.05. The highest BCUT2D eigenvalue weighted by atomic mass is 16.5. The highest BCUT2D eigenvalue weighted by Crippen LogP contribution is 2.40. The van der Waals surface area contributed by atoms with E-state index in [0.717, 1.165) is 62.1 Å². The van der Waals surface area contributed by atoms with E-state index < -0.39 is 0 Å². The van der Waals surface area contributed by atoms with Crippen molar-refractivity contribution in [2.24, 2.45) is 0 Å². The van der Waals surface area contributed by atoms with Crippen molar-refractivity contribution in [2.45, 2.75) is 51.0 Å². The van der Waals surface area contributed by atoms with Gasteiger partial charge >= 0.3 is 0 Å². The molecule has 1 fully saturated rings. The van der Waals surface area contributed by atoms with Crippen LogP contribution in [-0.4, -0.2) is 36.4 Å². The van der Waals surface area contributed by atoms with Crippen LogP contribution in [0, 0.1) is 6.92 Å². The Labute approximate surface area is 162 Å². The number of methoxy groups -OCH3 is 1. The van der Waals surface area contributed by atoms with Gasteiger partial charge in [-0.25, -0.2) is 0 Å². The standard InChI is InChI=1S/C24H29NO2/c1-18-7-3-4-8-19(18)12-16-25-15-6-5-13-24(25)14-11-20-17-21(27-2)9-10-22(20)23(24)26/h3-4,7-10,17H,5-6,11-16H2,1-2H3/t24-/m1/s1. The predicted octanol–water partition coefficient (Wildman–Crippen LogP) is 4.60. The molecule has 1 saturated heterocycles. The van der Waals surface area contributed by atoms with Crippen LogP contribution < -0.4 is 4.74 Å². The molecule has 0 N–H and O–H groups in total. The summed E-state index contributed by atoms with van der Waals surface area (Å²) in [6.07, 6.45) is 6.23. The van der Waals surface area contributed by atoms with Crippen LogP contribution in [0.3, 0.4) is 0 Å². The summed E-state index contributed by atoms with van der Waals surface area (Å²) in [5, 5.41) is 0. The molecule has 2 aromatic rings. The van der Waals surface area contributed by atoms with E-state index in [1.165, 1.54) is 17.5 Å². The molecule has 0 amide bonds. The smallest absolute Gasteiger partial charge is 0.183 e. The number of nitrogens with zero attached hydrogens (tertiary/aromatic N) is 1. The summed E-state index contributed by atoms with van der Waals surface area (Å²) >= 11 is 0. The van der Waals surface area contributed by atoms with Crippen molar-refractivity contribution in [1.29, 1.82) is 0 Å². The van der Waals surface area contributed by atoms with Crippen molar-refractivity contribution < 1.29 is 9.53 Å². The predicted molar refractivity (Wildman–Crippen MR) is 109 cm³/mol. The van der Waals surface area contributed by atoms with E-state index in [1.54, 1.807) is 7.11 Å². The monoisotopic (exact) mass is 363 g/mol. The number of Topliss-reactive ketones (excluding diaryl/α,β-unsaturated/α-hetero) is 1. The number of likely N-dealkylation sites (tertiary alicyclic amines) is 1. The second-order valence-corrected chi connectivity index (χ2v) is 8.00. The molecular weight excluding hydrogens is 334 g/mol. The average molecular weight is 364 g/mol. The number of aryl methyl sites for hydroxylation is 2. The first-order chi connectivity index (χ1) is 13.1. The maximum absolute atomic E-state index is 13.6. The quantitative estimate of drug-likeness (QED) is 0.795. The van der Waals surface area contributed by atoms with Crippen LogP contribution in [0.1, 0.15) is 52.7 Å². The van der Waals surface area contributed by atoms with Crippen LogP contribution in [0.15, 0.2) is 42.5 Å². The molecule has 2 aromatic carbocycles. The Hall–Kier alpha value is -2.13. The number of ketones is 1. The molecule has 4 rings (SSSR count). The highest BCUT2D eigenvalue weighted by molar-refractivity contribution is 6.05. The Balaban J connectivity index is 1.59. The van der Waals surface area contributed by atoms with Crippen LogP contribution in [0.4, 0.5) is 0 Å². The molecule has 3 heteroatoms. The van der Waals surface area contributed by atoms with Crippen LogP contribution in [0.2, 0.25) is 0 Å². The van der Waals surface area contributed by atoms with Gasteiger partial charge in [0.25, 0.3) is 0 Å². The number of hydrogen-bond acceptors (Lipinski definition) is 3.